The topological polar surface area (TPSA) is 98.0 Å². The molecule has 0 aliphatic carbocycles. The van der Waals surface area contributed by atoms with E-state index in [4.69, 9.17) is 28.3 Å². The van der Waals surface area contributed by atoms with Crippen LogP contribution in [-0.4, -0.2) is 44.2 Å². The summed E-state index contributed by atoms with van der Waals surface area (Å²) in [6.07, 6.45) is 1.90. The van der Waals surface area contributed by atoms with Crippen molar-refractivity contribution in [3.05, 3.63) is 33.8 Å². The van der Waals surface area contributed by atoms with Crippen LogP contribution in [0.4, 0.5) is 0 Å². The van der Waals surface area contributed by atoms with E-state index < -0.39 is 23.8 Å². The molecule has 0 radical (unpaired) electrons. The van der Waals surface area contributed by atoms with Gasteiger partial charge in [-0.2, -0.15) is 0 Å². The Morgan fingerprint density at radius 2 is 1.80 bits per heavy atom. The first-order valence-electron chi connectivity index (χ1n) is 8.42. The molecule has 0 fully saturated rings. The molecule has 0 amide bonds. The van der Waals surface area contributed by atoms with Gasteiger partial charge in [0, 0.05) is 16.5 Å². The number of benzene rings is 1. The molecule has 0 heterocycles. The summed E-state index contributed by atoms with van der Waals surface area (Å²) in [5.41, 5.74) is -1.26. The molecular formula is C18H26Cl2O5. The van der Waals surface area contributed by atoms with Crippen molar-refractivity contribution in [1.82, 2.24) is 0 Å². The minimum atomic E-state index is -2.31. The van der Waals surface area contributed by atoms with Gasteiger partial charge in [-0.15, -0.1) is 0 Å². The standard InChI is InChI=1S/C18H26Cl2O5/c1-12(21)18(25,17(23)24)11-15(22)7-5-3-2-4-6-13-8-9-14(19)10-16(13)20/h8-10,12,15,21-22,25H,2-7,11H2,1H3,(H,23,24)/t12-,15-,18+/m1/s1. The molecule has 0 unspecified atom stereocenters. The fraction of sp³-hybridized carbons (Fsp3) is 0.611. The lowest BCUT2D eigenvalue weighted by molar-refractivity contribution is -0.175. The van der Waals surface area contributed by atoms with E-state index in [0.29, 0.717) is 22.9 Å². The highest BCUT2D eigenvalue weighted by atomic mass is 35.5. The molecular weight excluding hydrogens is 367 g/mol. The van der Waals surface area contributed by atoms with Crippen LogP contribution in [0.1, 0.15) is 51.0 Å². The summed E-state index contributed by atoms with van der Waals surface area (Å²) >= 11 is 12.0. The maximum Gasteiger partial charge on any atom is 0.338 e. The van der Waals surface area contributed by atoms with Crippen LogP contribution in [0.15, 0.2) is 18.2 Å². The Morgan fingerprint density at radius 1 is 1.16 bits per heavy atom. The smallest absolute Gasteiger partial charge is 0.338 e. The Kier molecular flexibility index (Phi) is 9.17. The first kappa shape index (κ1) is 22.2. The zero-order valence-electron chi connectivity index (χ0n) is 14.3. The van der Waals surface area contributed by atoms with E-state index in [2.05, 4.69) is 0 Å². The third-order valence-electron chi connectivity index (χ3n) is 4.36. The van der Waals surface area contributed by atoms with E-state index in [1.807, 2.05) is 12.1 Å². The van der Waals surface area contributed by atoms with Crippen molar-refractivity contribution in [3.8, 4) is 0 Å². The van der Waals surface area contributed by atoms with Crippen LogP contribution < -0.4 is 0 Å². The van der Waals surface area contributed by atoms with E-state index in [9.17, 15) is 20.1 Å². The molecule has 7 heteroatoms. The van der Waals surface area contributed by atoms with Crippen molar-refractivity contribution in [3.63, 3.8) is 0 Å². The molecule has 142 valence electrons. The molecule has 3 atom stereocenters. The Labute approximate surface area is 158 Å². The molecule has 1 aromatic carbocycles. The van der Waals surface area contributed by atoms with E-state index in [1.54, 1.807) is 6.07 Å². The van der Waals surface area contributed by atoms with Gasteiger partial charge in [0.1, 0.15) is 0 Å². The van der Waals surface area contributed by atoms with E-state index in [1.165, 1.54) is 6.92 Å². The predicted molar refractivity (Wildman–Crippen MR) is 98.1 cm³/mol. The Hall–Kier alpha value is -0.850. The average Bonchev–Trinajstić information content (AvgIpc) is 2.51. The van der Waals surface area contributed by atoms with Gasteiger partial charge in [-0.25, -0.2) is 4.79 Å². The molecule has 25 heavy (non-hydrogen) atoms. The van der Waals surface area contributed by atoms with Gasteiger partial charge in [-0.1, -0.05) is 48.5 Å². The largest absolute Gasteiger partial charge is 0.479 e. The molecule has 0 aromatic heterocycles. The summed E-state index contributed by atoms with van der Waals surface area (Å²) in [6.45, 7) is 1.20. The molecule has 0 bridgehead atoms. The second-order valence-corrected chi connectivity index (χ2v) is 7.30. The minimum absolute atomic E-state index is 0.379. The number of aliphatic hydroxyl groups is 3. The van der Waals surface area contributed by atoms with Crippen molar-refractivity contribution in [2.24, 2.45) is 0 Å². The van der Waals surface area contributed by atoms with Crippen molar-refractivity contribution < 1.29 is 25.2 Å². The summed E-state index contributed by atoms with van der Waals surface area (Å²) in [6, 6.07) is 5.45. The lowest BCUT2D eigenvalue weighted by atomic mass is 9.89. The van der Waals surface area contributed by atoms with E-state index in [0.717, 1.165) is 31.2 Å². The number of aliphatic carboxylic acids is 1. The summed E-state index contributed by atoms with van der Waals surface area (Å²) in [7, 11) is 0. The first-order chi connectivity index (χ1) is 11.7. The molecule has 4 N–H and O–H groups in total. The number of rotatable bonds is 11. The third-order valence-corrected chi connectivity index (χ3v) is 4.94. The lowest BCUT2D eigenvalue weighted by Crippen LogP contribution is -2.50. The Bertz CT molecular complexity index is 564. The van der Waals surface area contributed by atoms with Crippen LogP contribution in [0.25, 0.3) is 0 Å². The number of aliphatic hydroxyl groups excluding tert-OH is 2. The number of halogens is 2. The Balaban J connectivity index is 2.25. The fourth-order valence-corrected chi connectivity index (χ4v) is 3.17. The zero-order chi connectivity index (χ0) is 19.0. The van der Waals surface area contributed by atoms with Gasteiger partial charge >= 0.3 is 5.97 Å². The summed E-state index contributed by atoms with van der Waals surface area (Å²) < 4.78 is 0. The number of hydrogen-bond acceptors (Lipinski definition) is 4. The molecule has 5 nitrogen and oxygen atoms in total. The van der Waals surface area contributed by atoms with Gasteiger partial charge in [0.25, 0.3) is 0 Å². The van der Waals surface area contributed by atoms with Gasteiger partial charge in [0.2, 0.25) is 0 Å². The highest BCUT2D eigenvalue weighted by Crippen LogP contribution is 2.24. The van der Waals surface area contributed by atoms with Crippen LogP contribution in [-0.2, 0) is 11.2 Å². The summed E-state index contributed by atoms with van der Waals surface area (Å²) in [5.74, 6) is -1.53. The van der Waals surface area contributed by atoms with Crippen molar-refractivity contribution in [2.75, 3.05) is 0 Å². The fourth-order valence-electron chi connectivity index (χ4n) is 2.67. The van der Waals surface area contributed by atoms with Gasteiger partial charge in [0.15, 0.2) is 5.60 Å². The summed E-state index contributed by atoms with van der Waals surface area (Å²) in [5, 5.41) is 39.5. The molecule has 0 aliphatic rings. The third kappa shape index (κ3) is 7.12. The number of carbonyl (C=O) groups is 1. The normalized spacial score (nSPS) is 16.2. The van der Waals surface area contributed by atoms with Gasteiger partial charge in [0.05, 0.1) is 12.2 Å². The maximum absolute atomic E-state index is 11.1. The molecule has 1 rings (SSSR count). The second kappa shape index (κ2) is 10.3. The molecule has 0 saturated heterocycles. The zero-order valence-corrected chi connectivity index (χ0v) is 15.8. The van der Waals surface area contributed by atoms with Crippen LogP contribution in [0.5, 0.6) is 0 Å². The van der Waals surface area contributed by atoms with Gasteiger partial charge in [-0.05, 0) is 43.9 Å². The molecule has 0 aliphatic heterocycles. The quantitative estimate of drug-likeness (QED) is 0.432. The van der Waals surface area contributed by atoms with Crippen LogP contribution in [0.2, 0.25) is 10.0 Å². The van der Waals surface area contributed by atoms with Crippen molar-refractivity contribution in [1.29, 1.82) is 0 Å². The highest BCUT2D eigenvalue weighted by molar-refractivity contribution is 6.35. The summed E-state index contributed by atoms with van der Waals surface area (Å²) in [4.78, 5) is 11.1. The van der Waals surface area contributed by atoms with Crippen LogP contribution >= 0.6 is 23.2 Å². The highest BCUT2D eigenvalue weighted by Gasteiger charge is 2.42. The average molecular weight is 393 g/mol. The molecule has 0 saturated carbocycles. The lowest BCUT2D eigenvalue weighted by Gasteiger charge is -2.28. The van der Waals surface area contributed by atoms with E-state index >= 15 is 0 Å². The maximum atomic E-state index is 11.1. The molecule has 0 spiro atoms. The number of carboxylic acids is 1. The minimum Gasteiger partial charge on any atom is -0.479 e. The number of hydrogen-bond donors (Lipinski definition) is 4. The number of unbranched alkanes of at least 4 members (excludes halogenated alkanes) is 3. The SMILES string of the molecule is C[C@@H](O)[C@@](O)(C[C@H](O)CCCCCCc1ccc(Cl)cc1Cl)C(=O)O. The van der Waals surface area contributed by atoms with Crippen LogP contribution in [0.3, 0.4) is 0 Å². The van der Waals surface area contributed by atoms with Gasteiger partial charge in [-0.3, -0.25) is 0 Å². The van der Waals surface area contributed by atoms with E-state index in [-0.39, 0.29) is 6.42 Å². The van der Waals surface area contributed by atoms with Crippen molar-refractivity contribution >= 4 is 29.2 Å². The Morgan fingerprint density at radius 3 is 2.36 bits per heavy atom. The number of aryl methyl sites for hydroxylation is 1. The van der Waals surface area contributed by atoms with Gasteiger partial charge < -0.3 is 20.4 Å². The predicted octanol–water partition coefficient (Wildman–Crippen LogP) is 3.43. The first-order valence-corrected chi connectivity index (χ1v) is 9.18. The number of carboxylic acid groups (broad SMARTS) is 1. The monoisotopic (exact) mass is 392 g/mol. The van der Waals surface area contributed by atoms with Crippen molar-refractivity contribution in [2.45, 2.75) is 69.7 Å². The van der Waals surface area contributed by atoms with Crippen LogP contribution in [0, 0.1) is 0 Å². The second-order valence-electron chi connectivity index (χ2n) is 6.45. The molecule has 1 aromatic rings.